The summed E-state index contributed by atoms with van der Waals surface area (Å²) in [4.78, 5) is 2.58. The smallest absolute Gasteiger partial charge is 0.0506 e. The van der Waals surface area contributed by atoms with E-state index in [0.717, 1.165) is 38.1 Å². The number of rotatable bonds is 5. The van der Waals surface area contributed by atoms with E-state index in [1.54, 1.807) is 0 Å². The fourth-order valence-electron chi connectivity index (χ4n) is 4.17. The molecule has 2 fully saturated rings. The molecule has 20 heavy (non-hydrogen) atoms. The van der Waals surface area contributed by atoms with E-state index in [-0.39, 0.29) is 5.54 Å². The van der Waals surface area contributed by atoms with Crippen LogP contribution < -0.4 is 5.73 Å². The molecule has 1 heterocycles. The molecule has 1 aliphatic carbocycles. The average Bonchev–Trinajstić information content (AvgIpc) is 2.48. The largest absolute Gasteiger partial charge is 0.381 e. The predicted molar refractivity (Wildman–Crippen MR) is 84.8 cm³/mol. The zero-order valence-electron chi connectivity index (χ0n) is 13.7. The van der Waals surface area contributed by atoms with Crippen LogP contribution in [-0.2, 0) is 4.74 Å². The minimum absolute atomic E-state index is 0.241. The Morgan fingerprint density at radius 2 is 2.10 bits per heavy atom. The molecule has 3 atom stereocenters. The Bertz CT molecular complexity index is 289. The van der Waals surface area contributed by atoms with Crippen LogP contribution in [0.2, 0.25) is 0 Å². The lowest BCUT2D eigenvalue weighted by Gasteiger charge is -2.48. The predicted octanol–water partition coefficient (Wildman–Crippen LogP) is 2.89. The summed E-state index contributed by atoms with van der Waals surface area (Å²) >= 11 is 0. The first-order valence-corrected chi connectivity index (χ1v) is 8.56. The Kier molecular flexibility index (Phi) is 5.88. The molecule has 1 aliphatic heterocycles. The van der Waals surface area contributed by atoms with Gasteiger partial charge in [-0.25, -0.2) is 0 Å². The molecule has 0 aromatic rings. The van der Waals surface area contributed by atoms with Crippen molar-refractivity contribution in [1.29, 1.82) is 0 Å². The second kappa shape index (κ2) is 7.24. The van der Waals surface area contributed by atoms with Crippen LogP contribution in [0.15, 0.2) is 0 Å². The first-order chi connectivity index (χ1) is 9.57. The number of hydrogen-bond donors (Lipinski definition) is 1. The standard InChI is InChI=1S/C17H34N2O/c1-14(2)16-7-4-8-17(10-16,13-18)19(3)11-15-6-5-9-20-12-15/h14-16H,4-13,18H2,1-3H3. The third-order valence-electron chi connectivity index (χ3n) is 5.78. The molecule has 3 heteroatoms. The monoisotopic (exact) mass is 282 g/mol. The molecule has 2 N–H and O–H groups in total. The molecule has 1 saturated carbocycles. The lowest BCUT2D eigenvalue weighted by Crippen LogP contribution is -2.56. The number of ether oxygens (including phenoxy) is 1. The zero-order chi connectivity index (χ0) is 14.6. The van der Waals surface area contributed by atoms with Gasteiger partial charge in [-0.1, -0.05) is 26.7 Å². The van der Waals surface area contributed by atoms with E-state index in [1.807, 2.05) is 0 Å². The maximum absolute atomic E-state index is 6.23. The van der Waals surface area contributed by atoms with Gasteiger partial charge in [-0.15, -0.1) is 0 Å². The van der Waals surface area contributed by atoms with E-state index in [1.165, 1.54) is 38.5 Å². The summed E-state index contributed by atoms with van der Waals surface area (Å²) < 4.78 is 5.64. The van der Waals surface area contributed by atoms with Crippen LogP contribution in [0.1, 0.15) is 52.4 Å². The van der Waals surface area contributed by atoms with E-state index >= 15 is 0 Å². The molecular weight excluding hydrogens is 248 g/mol. The van der Waals surface area contributed by atoms with Gasteiger partial charge in [0.25, 0.3) is 0 Å². The van der Waals surface area contributed by atoms with Crippen molar-refractivity contribution < 1.29 is 4.74 Å². The van der Waals surface area contributed by atoms with Gasteiger partial charge in [0, 0.05) is 25.2 Å². The van der Waals surface area contributed by atoms with Crippen LogP contribution in [0.3, 0.4) is 0 Å². The summed E-state index contributed by atoms with van der Waals surface area (Å²) in [6.45, 7) is 8.59. The Morgan fingerprint density at radius 3 is 2.70 bits per heavy atom. The first kappa shape index (κ1) is 16.3. The molecular formula is C17H34N2O. The van der Waals surface area contributed by atoms with Crippen molar-refractivity contribution in [3.05, 3.63) is 0 Å². The Hall–Kier alpha value is -0.120. The molecule has 3 unspecified atom stereocenters. The zero-order valence-corrected chi connectivity index (χ0v) is 13.7. The van der Waals surface area contributed by atoms with Crippen molar-refractivity contribution in [2.75, 3.05) is 33.4 Å². The molecule has 0 radical (unpaired) electrons. The maximum atomic E-state index is 6.23. The lowest BCUT2D eigenvalue weighted by atomic mass is 9.71. The van der Waals surface area contributed by atoms with Crippen molar-refractivity contribution in [1.82, 2.24) is 4.90 Å². The van der Waals surface area contributed by atoms with E-state index in [2.05, 4.69) is 25.8 Å². The second-order valence-electron chi connectivity index (χ2n) is 7.49. The topological polar surface area (TPSA) is 38.5 Å². The van der Waals surface area contributed by atoms with Gasteiger partial charge in [-0.05, 0) is 50.5 Å². The highest BCUT2D eigenvalue weighted by atomic mass is 16.5. The molecule has 1 saturated heterocycles. The summed E-state index contributed by atoms with van der Waals surface area (Å²) in [5.41, 5.74) is 6.47. The van der Waals surface area contributed by atoms with Gasteiger partial charge in [0.05, 0.1) is 6.61 Å². The van der Waals surface area contributed by atoms with E-state index in [0.29, 0.717) is 5.92 Å². The molecule has 0 aromatic heterocycles. The number of nitrogens with zero attached hydrogens (tertiary/aromatic N) is 1. The summed E-state index contributed by atoms with van der Waals surface area (Å²) in [5.74, 6) is 2.33. The van der Waals surface area contributed by atoms with Crippen LogP contribution in [0, 0.1) is 17.8 Å². The second-order valence-corrected chi connectivity index (χ2v) is 7.49. The van der Waals surface area contributed by atoms with Crippen LogP contribution in [-0.4, -0.2) is 43.8 Å². The summed E-state index contributed by atoms with van der Waals surface area (Å²) in [6, 6.07) is 0. The number of nitrogens with two attached hydrogens (primary N) is 1. The third-order valence-corrected chi connectivity index (χ3v) is 5.78. The van der Waals surface area contributed by atoms with Crippen molar-refractivity contribution >= 4 is 0 Å². The molecule has 2 rings (SSSR count). The van der Waals surface area contributed by atoms with Gasteiger partial charge >= 0.3 is 0 Å². The minimum atomic E-state index is 0.241. The van der Waals surface area contributed by atoms with Gasteiger partial charge < -0.3 is 10.5 Å². The first-order valence-electron chi connectivity index (χ1n) is 8.56. The van der Waals surface area contributed by atoms with Gasteiger partial charge in [0.15, 0.2) is 0 Å². The molecule has 0 bridgehead atoms. The van der Waals surface area contributed by atoms with Crippen LogP contribution in [0.4, 0.5) is 0 Å². The molecule has 2 aliphatic rings. The van der Waals surface area contributed by atoms with Gasteiger partial charge in [0.1, 0.15) is 0 Å². The molecule has 0 spiro atoms. The Morgan fingerprint density at radius 1 is 1.30 bits per heavy atom. The minimum Gasteiger partial charge on any atom is -0.381 e. The fourth-order valence-corrected chi connectivity index (χ4v) is 4.17. The van der Waals surface area contributed by atoms with Crippen molar-refractivity contribution in [3.8, 4) is 0 Å². The van der Waals surface area contributed by atoms with Crippen LogP contribution >= 0.6 is 0 Å². The highest BCUT2D eigenvalue weighted by molar-refractivity contribution is 4.96. The summed E-state index contributed by atoms with van der Waals surface area (Å²) in [6.07, 6.45) is 7.83. The molecule has 118 valence electrons. The van der Waals surface area contributed by atoms with Crippen molar-refractivity contribution in [3.63, 3.8) is 0 Å². The van der Waals surface area contributed by atoms with E-state index < -0.39 is 0 Å². The van der Waals surface area contributed by atoms with Crippen molar-refractivity contribution in [2.45, 2.75) is 57.9 Å². The van der Waals surface area contributed by atoms with Gasteiger partial charge in [0.2, 0.25) is 0 Å². The average molecular weight is 282 g/mol. The summed E-state index contributed by atoms with van der Waals surface area (Å²) in [7, 11) is 2.30. The number of likely N-dealkylation sites (N-methyl/N-ethyl adjacent to an activating group) is 1. The van der Waals surface area contributed by atoms with Crippen LogP contribution in [0.25, 0.3) is 0 Å². The summed E-state index contributed by atoms with van der Waals surface area (Å²) in [5, 5.41) is 0. The van der Waals surface area contributed by atoms with Gasteiger partial charge in [-0.3, -0.25) is 4.90 Å². The lowest BCUT2D eigenvalue weighted by molar-refractivity contribution is -0.00212. The fraction of sp³-hybridized carbons (Fsp3) is 1.00. The van der Waals surface area contributed by atoms with Crippen molar-refractivity contribution in [2.24, 2.45) is 23.5 Å². The van der Waals surface area contributed by atoms with Gasteiger partial charge in [-0.2, -0.15) is 0 Å². The Balaban J connectivity index is 1.97. The molecule has 3 nitrogen and oxygen atoms in total. The highest BCUT2D eigenvalue weighted by Crippen LogP contribution is 2.39. The number of hydrogen-bond acceptors (Lipinski definition) is 3. The molecule has 0 amide bonds. The van der Waals surface area contributed by atoms with E-state index in [9.17, 15) is 0 Å². The third kappa shape index (κ3) is 3.75. The Labute approximate surface area is 125 Å². The van der Waals surface area contributed by atoms with E-state index in [4.69, 9.17) is 10.5 Å². The highest BCUT2D eigenvalue weighted by Gasteiger charge is 2.40. The quantitative estimate of drug-likeness (QED) is 0.842. The SMILES string of the molecule is CC(C)C1CCCC(CN)(N(C)CC2CCCOC2)C1. The maximum Gasteiger partial charge on any atom is 0.0506 e. The van der Waals surface area contributed by atoms with Crippen LogP contribution in [0.5, 0.6) is 0 Å². The normalized spacial score (nSPS) is 35.7. The molecule has 0 aromatic carbocycles.